The van der Waals surface area contributed by atoms with Crippen LogP contribution < -0.4 is 16.4 Å². The first-order valence-electron chi connectivity index (χ1n) is 14.1. The number of nitrogens with zero attached hydrogens (tertiary/aromatic N) is 5. The molecule has 13 heteroatoms. The first-order valence-corrected chi connectivity index (χ1v) is 15.0. The highest BCUT2D eigenvalue weighted by atomic mass is 32.1. The molecule has 44 heavy (non-hydrogen) atoms. The summed E-state index contributed by atoms with van der Waals surface area (Å²) in [7, 11) is 3.13. The Morgan fingerprint density at radius 3 is 2.52 bits per heavy atom. The zero-order chi connectivity index (χ0) is 31.0. The Kier molecular flexibility index (Phi) is 7.89. The van der Waals surface area contributed by atoms with Crippen LogP contribution in [-0.4, -0.2) is 87.9 Å². The second-order valence-electron chi connectivity index (χ2n) is 10.7. The Balaban J connectivity index is 1.27. The normalized spacial score (nSPS) is 18.4. The summed E-state index contributed by atoms with van der Waals surface area (Å²) < 4.78 is 0.930. The molecule has 0 radical (unpaired) electrons. The molecule has 5 amide bonds. The lowest BCUT2D eigenvalue weighted by Crippen LogP contribution is -2.65. The number of hydrogen-bond donors (Lipinski definition) is 3. The van der Waals surface area contributed by atoms with Crippen LogP contribution in [0.4, 0.5) is 15.6 Å². The molecule has 0 bridgehead atoms. The number of nitrogens with one attached hydrogen (secondary N) is 2. The minimum Gasteiger partial charge on any atom is -0.375 e. The fraction of sp³-hybridized carbons (Fsp3) is 0.258. The van der Waals surface area contributed by atoms with Crippen molar-refractivity contribution in [3.63, 3.8) is 0 Å². The molecule has 2 aliphatic heterocycles. The van der Waals surface area contributed by atoms with E-state index in [1.54, 1.807) is 58.3 Å². The minimum absolute atomic E-state index is 0.0329. The summed E-state index contributed by atoms with van der Waals surface area (Å²) in [6.45, 7) is 0.452. The molecule has 3 heterocycles. The van der Waals surface area contributed by atoms with Crippen molar-refractivity contribution >= 4 is 56.1 Å². The van der Waals surface area contributed by atoms with Gasteiger partial charge in [0.1, 0.15) is 12.2 Å². The summed E-state index contributed by atoms with van der Waals surface area (Å²) in [6, 6.07) is 20.8. The average Bonchev–Trinajstić information content (AvgIpc) is 3.58. The van der Waals surface area contributed by atoms with Crippen molar-refractivity contribution in [2.45, 2.75) is 25.2 Å². The van der Waals surface area contributed by atoms with Crippen LogP contribution in [0.3, 0.4) is 0 Å². The Morgan fingerprint density at radius 1 is 1.05 bits per heavy atom. The summed E-state index contributed by atoms with van der Waals surface area (Å²) >= 11 is 1.39. The van der Waals surface area contributed by atoms with Crippen LogP contribution in [0.15, 0.2) is 72.8 Å². The van der Waals surface area contributed by atoms with E-state index in [1.165, 1.54) is 23.4 Å². The van der Waals surface area contributed by atoms with Gasteiger partial charge in [-0.15, -0.1) is 0 Å². The molecular formula is C31H32N8O4S. The van der Waals surface area contributed by atoms with Gasteiger partial charge < -0.3 is 26.2 Å². The fourth-order valence-electron chi connectivity index (χ4n) is 5.82. The van der Waals surface area contributed by atoms with Gasteiger partial charge in [0, 0.05) is 38.3 Å². The summed E-state index contributed by atoms with van der Waals surface area (Å²) in [5.41, 5.74) is 9.56. The van der Waals surface area contributed by atoms with Gasteiger partial charge in [-0.2, -0.15) is 5.01 Å². The summed E-state index contributed by atoms with van der Waals surface area (Å²) in [5.74, 6) is -0.648. The first-order chi connectivity index (χ1) is 21.2. The molecule has 2 saturated heterocycles. The molecule has 12 nitrogen and oxygen atoms in total. The number of aromatic nitrogens is 1. The number of benzene rings is 3. The number of para-hydroxylation sites is 1. The maximum Gasteiger partial charge on any atom is 0.331 e. The van der Waals surface area contributed by atoms with E-state index in [0.717, 1.165) is 21.3 Å². The van der Waals surface area contributed by atoms with E-state index >= 15 is 0 Å². The number of carbonyl (C=O) groups is 4. The molecule has 4 aromatic rings. The number of fused-ring (bicyclic) bond motifs is 2. The molecule has 2 fully saturated rings. The van der Waals surface area contributed by atoms with E-state index in [-0.39, 0.29) is 49.8 Å². The Morgan fingerprint density at radius 2 is 1.80 bits per heavy atom. The van der Waals surface area contributed by atoms with Crippen molar-refractivity contribution in [3.05, 3.63) is 89.5 Å². The predicted molar refractivity (Wildman–Crippen MR) is 167 cm³/mol. The van der Waals surface area contributed by atoms with Gasteiger partial charge in [0.25, 0.3) is 5.91 Å². The molecule has 0 aliphatic carbocycles. The van der Waals surface area contributed by atoms with Crippen LogP contribution in [0.2, 0.25) is 0 Å². The lowest BCUT2D eigenvalue weighted by Gasteiger charge is -2.45. The van der Waals surface area contributed by atoms with E-state index < -0.39 is 12.2 Å². The number of hydrazine groups is 1. The van der Waals surface area contributed by atoms with E-state index in [9.17, 15) is 19.2 Å². The molecule has 2 atom stereocenters. The second-order valence-corrected chi connectivity index (χ2v) is 11.8. The van der Waals surface area contributed by atoms with E-state index in [0.29, 0.717) is 16.4 Å². The number of piperazine rings is 1. The smallest absolute Gasteiger partial charge is 0.331 e. The quantitative estimate of drug-likeness (QED) is 0.291. The molecule has 0 unspecified atom stereocenters. The van der Waals surface area contributed by atoms with Gasteiger partial charge in [0.05, 0.1) is 23.3 Å². The summed E-state index contributed by atoms with van der Waals surface area (Å²) in [5, 5.41) is 9.01. The number of urea groups is 1. The van der Waals surface area contributed by atoms with Gasteiger partial charge in [-0.3, -0.25) is 19.4 Å². The zero-order valence-corrected chi connectivity index (χ0v) is 25.1. The highest BCUT2D eigenvalue weighted by molar-refractivity contribution is 7.22. The maximum absolute atomic E-state index is 14.1. The lowest BCUT2D eigenvalue weighted by molar-refractivity contribution is -0.157. The minimum atomic E-state index is -0.797. The molecule has 3 aromatic carbocycles. The third-order valence-electron chi connectivity index (χ3n) is 8.02. The van der Waals surface area contributed by atoms with Crippen LogP contribution >= 0.6 is 11.3 Å². The summed E-state index contributed by atoms with van der Waals surface area (Å²) in [6.07, 6.45) is -0.285. The van der Waals surface area contributed by atoms with Crippen molar-refractivity contribution in [2.24, 2.45) is 0 Å². The Bertz CT molecular complexity index is 1730. The maximum atomic E-state index is 14.1. The monoisotopic (exact) mass is 612 g/mol. The second kappa shape index (κ2) is 11.9. The number of nitrogen functional groups attached to an aromatic ring is 1. The standard InChI is InChI=1S/C31H32N8O4S/c1-33-31(43)36(2)38-18-26(40)39-23(15-19-11-13-22(14-12-19)34-28(41)20-7-4-3-5-8-20)29(42)37(17-25(38)39)16-21-9-6-10-24-27(21)35-30(32)44-24/h3-14,23,25H,15-18H2,1-2H3,(H2,32,35)(H,33,43)(H,34,41)/t23-,25+/m0/s1. The number of thiazole rings is 1. The number of anilines is 2. The van der Waals surface area contributed by atoms with E-state index in [1.807, 2.05) is 36.4 Å². The SMILES string of the molecule is CNC(=O)N(C)N1CC(=O)N2[C@@H](Cc3ccc(NC(=O)c4ccccc4)cc3)C(=O)N(Cc3cccc4sc(N)nc34)C[C@@H]21. The molecule has 226 valence electrons. The van der Waals surface area contributed by atoms with Gasteiger partial charge in [-0.25, -0.2) is 9.78 Å². The average molecular weight is 613 g/mol. The van der Waals surface area contributed by atoms with Gasteiger partial charge in [-0.05, 0) is 41.5 Å². The topological polar surface area (TPSA) is 144 Å². The van der Waals surface area contributed by atoms with Crippen molar-refractivity contribution < 1.29 is 19.2 Å². The van der Waals surface area contributed by atoms with Gasteiger partial charge in [0.2, 0.25) is 11.8 Å². The van der Waals surface area contributed by atoms with Crippen molar-refractivity contribution in [1.82, 2.24) is 30.1 Å². The molecule has 6 rings (SSSR count). The highest BCUT2D eigenvalue weighted by Crippen LogP contribution is 2.32. The molecule has 4 N–H and O–H groups in total. The summed E-state index contributed by atoms with van der Waals surface area (Å²) in [4.78, 5) is 60.5. The third-order valence-corrected chi connectivity index (χ3v) is 8.87. The van der Waals surface area contributed by atoms with E-state index in [4.69, 9.17) is 5.73 Å². The van der Waals surface area contributed by atoms with Crippen LogP contribution in [0.5, 0.6) is 0 Å². The van der Waals surface area contributed by atoms with Crippen LogP contribution in [-0.2, 0) is 22.6 Å². The number of nitrogens with two attached hydrogens (primary N) is 1. The number of carbonyl (C=O) groups excluding carboxylic acids is 4. The number of hydrogen-bond acceptors (Lipinski definition) is 8. The molecule has 1 aromatic heterocycles. The van der Waals surface area contributed by atoms with Gasteiger partial charge in [-0.1, -0.05) is 53.8 Å². The lowest BCUT2D eigenvalue weighted by atomic mass is 9.99. The van der Waals surface area contributed by atoms with Crippen LogP contribution in [0.1, 0.15) is 21.5 Å². The third kappa shape index (κ3) is 5.54. The Labute approximate surface area is 258 Å². The highest BCUT2D eigenvalue weighted by Gasteiger charge is 2.51. The predicted octanol–water partition coefficient (Wildman–Crippen LogP) is 2.74. The molecular weight excluding hydrogens is 580 g/mol. The largest absolute Gasteiger partial charge is 0.375 e. The van der Waals surface area contributed by atoms with E-state index in [2.05, 4.69) is 15.6 Å². The van der Waals surface area contributed by atoms with Gasteiger partial charge in [0.15, 0.2) is 5.13 Å². The van der Waals surface area contributed by atoms with Crippen molar-refractivity contribution in [1.29, 1.82) is 0 Å². The molecule has 0 spiro atoms. The molecule has 0 saturated carbocycles. The van der Waals surface area contributed by atoms with Gasteiger partial charge >= 0.3 is 6.03 Å². The van der Waals surface area contributed by atoms with Crippen molar-refractivity contribution in [2.75, 3.05) is 38.2 Å². The van der Waals surface area contributed by atoms with Crippen LogP contribution in [0, 0.1) is 0 Å². The van der Waals surface area contributed by atoms with Crippen LogP contribution in [0.25, 0.3) is 10.2 Å². The number of rotatable bonds is 7. The number of amides is 5. The fourth-order valence-corrected chi connectivity index (χ4v) is 6.61. The zero-order valence-electron chi connectivity index (χ0n) is 24.3. The Hall–Kier alpha value is -5.01. The molecule has 2 aliphatic rings. The van der Waals surface area contributed by atoms with Crippen molar-refractivity contribution in [3.8, 4) is 0 Å². The first kappa shape index (κ1) is 29.1.